The van der Waals surface area contributed by atoms with E-state index in [1.54, 1.807) is 0 Å². The van der Waals surface area contributed by atoms with Gasteiger partial charge in [0.1, 0.15) is 0 Å². The van der Waals surface area contributed by atoms with E-state index in [9.17, 15) is 0 Å². The molecule has 0 aromatic heterocycles. The minimum absolute atomic E-state index is 0.502. The van der Waals surface area contributed by atoms with Gasteiger partial charge in [-0.25, -0.2) is 0 Å². The van der Waals surface area contributed by atoms with Crippen molar-refractivity contribution in [2.24, 2.45) is 0 Å². The third kappa shape index (κ3) is 6.02. The van der Waals surface area contributed by atoms with Crippen LogP contribution in [0.5, 0.6) is 0 Å². The number of hydrogen-bond acceptors (Lipinski definition) is 1. The highest BCUT2D eigenvalue weighted by Gasteiger charge is 1.84. The Labute approximate surface area is 50.0 Å². The van der Waals surface area contributed by atoms with E-state index < -0.39 is 0 Å². The Balaban J connectivity index is 2.82. The first kappa shape index (κ1) is 7.02. The Bertz CT molecular complexity index is 61.1. The molecule has 0 heterocycles. The van der Waals surface area contributed by atoms with Crippen molar-refractivity contribution in [1.82, 2.24) is 0 Å². The maximum atomic E-state index is 6.86. The van der Waals surface area contributed by atoms with E-state index in [4.69, 9.17) is 5.41 Å². The van der Waals surface area contributed by atoms with Gasteiger partial charge in [-0.3, -0.25) is 5.41 Å². The molecule has 0 saturated carbocycles. The van der Waals surface area contributed by atoms with E-state index in [0.717, 1.165) is 19.3 Å². The van der Waals surface area contributed by atoms with Crippen LogP contribution in [0.25, 0.3) is 0 Å². The van der Waals surface area contributed by atoms with Crippen molar-refractivity contribution in [1.29, 1.82) is 5.41 Å². The molecule has 0 saturated heterocycles. The summed E-state index contributed by atoms with van der Waals surface area (Å²) in [4.78, 5) is 0. The number of thiol groups is 1. The van der Waals surface area contributed by atoms with Gasteiger partial charge in [-0.1, -0.05) is 13.3 Å². The second-order valence-corrected chi connectivity index (χ2v) is 2.09. The molecule has 0 amide bonds. The zero-order chi connectivity index (χ0) is 5.70. The Morgan fingerprint density at radius 2 is 2.29 bits per heavy atom. The summed E-state index contributed by atoms with van der Waals surface area (Å²) in [6.45, 7) is 2.11. The van der Waals surface area contributed by atoms with E-state index in [0.29, 0.717) is 5.04 Å². The van der Waals surface area contributed by atoms with Crippen molar-refractivity contribution in [2.75, 3.05) is 0 Å². The van der Waals surface area contributed by atoms with Crippen molar-refractivity contribution >= 4 is 17.7 Å². The van der Waals surface area contributed by atoms with Crippen LogP contribution < -0.4 is 0 Å². The predicted molar refractivity (Wildman–Crippen MR) is 36.2 cm³/mol. The van der Waals surface area contributed by atoms with Crippen molar-refractivity contribution in [3.8, 4) is 0 Å². The maximum absolute atomic E-state index is 6.86. The summed E-state index contributed by atoms with van der Waals surface area (Å²) in [7, 11) is 0. The Hall–Kier alpha value is 0.0200. The molecule has 0 aliphatic heterocycles. The Morgan fingerprint density at radius 1 is 1.71 bits per heavy atom. The van der Waals surface area contributed by atoms with Gasteiger partial charge in [-0.15, -0.1) is 12.6 Å². The topological polar surface area (TPSA) is 23.9 Å². The lowest BCUT2D eigenvalue weighted by Gasteiger charge is -1.89. The monoisotopic (exact) mass is 117 g/mol. The molecule has 0 aliphatic carbocycles. The van der Waals surface area contributed by atoms with Crippen LogP contribution in [0.2, 0.25) is 0 Å². The molecule has 2 heteroatoms. The Kier molecular flexibility index (Phi) is 4.20. The van der Waals surface area contributed by atoms with Gasteiger partial charge in [-0.2, -0.15) is 0 Å². The van der Waals surface area contributed by atoms with E-state index >= 15 is 0 Å². The summed E-state index contributed by atoms with van der Waals surface area (Å²) >= 11 is 3.82. The highest BCUT2D eigenvalue weighted by atomic mass is 32.1. The molecule has 1 N–H and O–H groups in total. The lowest BCUT2D eigenvalue weighted by atomic mass is 10.3. The molecular weight excluding hydrogens is 106 g/mol. The normalized spacial score (nSPS) is 8.86. The quantitative estimate of drug-likeness (QED) is 0.321. The van der Waals surface area contributed by atoms with Gasteiger partial charge in [0.05, 0.1) is 5.04 Å². The van der Waals surface area contributed by atoms with Crippen molar-refractivity contribution in [3.63, 3.8) is 0 Å². The van der Waals surface area contributed by atoms with Crippen LogP contribution in [0, 0.1) is 5.41 Å². The third-order valence-corrected chi connectivity index (χ3v) is 0.991. The minimum atomic E-state index is 0.502. The first-order valence-corrected chi connectivity index (χ1v) is 2.98. The second-order valence-electron chi connectivity index (χ2n) is 1.55. The van der Waals surface area contributed by atoms with Gasteiger partial charge >= 0.3 is 0 Å². The van der Waals surface area contributed by atoms with Gasteiger partial charge in [0.25, 0.3) is 0 Å². The molecule has 0 atom stereocenters. The lowest BCUT2D eigenvalue weighted by molar-refractivity contribution is 0.839. The number of rotatable bonds is 3. The second kappa shape index (κ2) is 4.19. The summed E-state index contributed by atoms with van der Waals surface area (Å²) in [6.07, 6.45) is 3.10. The first-order valence-electron chi connectivity index (χ1n) is 2.53. The van der Waals surface area contributed by atoms with E-state index in [-0.39, 0.29) is 0 Å². The van der Waals surface area contributed by atoms with Crippen molar-refractivity contribution in [2.45, 2.75) is 26.2 Å². The summed E-state index contributed by atoms with van der Waals surface area (Å²) < 4.78 is 0. The summed E-state index contributed by atoms with van der Waals surface area (Å²) in [5, 5.41) is 7.36. The van der Waals surface area contributed by atoms with Crippen LogP contribution in [-0.4, -0.2) is 5.04 Å². The molecule has 0 aliphatic rings. The Morgan fingerprint density at radius 3 is 2.43 bits per heavy atom. The fraction of sp³-hybridized carbons (Fsp3) is 0.800. The van der Waals surface area contributed by atoms with Gasteiger partial charge in [0.2, 0.25) is 0 Å². The van der Waals surface area contributed by atoms with Crippen LogP contribution in [0.1, 0.15) is 26.2 Å². The van der Waals surface area contributed by atoms with Crippen LogP contribution >= 0.6 is 12.6 Å². The number of unbranched alkanes of at least 4 members (excludes halogenated alkanes) is 1. The van der Waals surface area contributed by atoms with Crippen LogP contribution in [0.3, 0.4) is 0 Å². The predicted octanol–water partition coefficient (Wildman–Crippen LogP) is 2.08. The molecule has 1 nitrogen and oxygen atoms in total. The minimum Gasteiger partial charge on any atom is -0.299 e. The SMILES string of the molecule is CCCCC(=N)S. The van der Waals surface area contributed by atoms with Crippen molar-refractivity contribution in [3.05, 3.63) is 0 Å². The summed E-state index contributed by atoms with van der Waals surface area (Å²) in [5.41, 5.74) is 0. The molecular formula is C5H11NS. The van der Waals surface area contributed by atoms with Crippen LogP contribution in [0.15, 0.2) is 0 Å². The molecule has 0 fully saturated rings. The average Bonchev–Trinajstić information content (AvgIpc) is 1.61. The molecule has 0 unspecified atom stereocenters. The fourth-order valence-electron chi connectivity index (χ4n) is 0.344. The molecule has 0 aromatic carbocycles. The highest BCUT2D eigenvalue weighted by Crippen LogP contribution is 1.96. The molecule has 0 bridgehead atoms. The maximum Gasteiger partial charge on any atom is 0.0611 e. The van der Waals surface area contributed by atoms with E-state index in [1.165, 1.54) is 0 Å². The zero-order valence-corrected chi connectivity index (χ0v) is 5.46. The smallest absolute Gasteiger partial charge is 0.0611 e. The number of hydrogen-bond donors (Lipinski definition) is 2. The fourth-order valence-corrected chi connectivity index (χ4v) is 0.502. The van der Waals surface area contributed by atoms with Gasteiger partial charge in [-0.05, 0) is 12.8 Å². The molecule has 0 spiro atoms. The summed E-state index contributed by atoms with van der Waals surface area (Å²) in [6, 6.07) is 0. The van der Waals surface area contributed by atoms with Crippen molar-refractivity contribution < 1.29 is 0 Å². The lowest BCUT2D eigenvalue weighted by Crippen LogP contribution is -1.81. The zero-order valence-electron chi connectivity index (χ0n) is 4.57. The molecule has 0 radical (unpaired) electrons. The standard InChI is InChI=1S/C5H11NS/c1-2-3-4-5(6)7/h2-4H2,1H3,(H2,6,7). The molecule has 42 valence electrons. The molecule has 7 heavy (non-hydrogen) atoms. The van der Waals surface area contributed by atoms with Gasteiger partial charge < -0.3 is 0 Å². The first-order chi connectivity index (χ1) is 3.27. The molecule has 0 aromatic rings. The average molecular weight is 117 g/mol. The summed E-state index contributed by atoms with van der Waals surface area (Å²) in [5.74, 6) is 0. The van der Waals surface area contributed by atoms with Gasteiger partial charge in [0.15, 0.2) is 0 Å². The highest BCUT2D eigenvalue weighted by molar-refractivity contribution is 7.96. The third-order valence-electron chi connectivity index (χ3n) is 0.767. The number of nitrogens with one attached hydrogen (secondary N) is 1. The van der Waals surface area contributed by atoms with E-state index in [2.05, 4.69) is 19.6 Å². The van der Waals surface area contributed by atoms with Gasteiger partial charge in [0, 0.05) is 0 Å². The van der Waals surface area contributed by atoms with Crippen LogP contribution in [-0.2, 0) is 0 Å². The van der Waals surface area contributed by atoms with Crippen LogP contribution in [0.4, 0.5) is 0 Å². The molecule has 0 rings (SSSR count). The largest absolute Gasteiger partial charge is 0.299 e. The van der Waals surface area contributed by atoms with E-state index in [1.807, 2.05) is 0 Å².